The summed E-state index contributed by atoms with van der Waals surface area (Å²) < 4.78 is 0. The van der Waals surface area contributed by atoms with Crippen LogP contribution in [0.4, 0.5) is 5.95 Å². The zero-order chi connectivity index (χ0) is 20.3. The number of nitrogens with one attached hydrogen (secondary N) is 2. The highest BCUT2D eigenvalue weighted by molar-refractivity contribution is 5.84. The van der Waals surface area contributed by atoms with E-state index < -0.39 is 5.41 Å². The molecule has 0 radical (unpaired) electrons. The van der Waals surface area contributed by atoms with E-state index in [-0.39, 0.29) is 18.4 Å². The van der Waals surface area contributed by atoms with Gasteiger partial charge in [0, 0.05) is 0 Å². The molecule has 9 heteroatoms. The first-order chi connectivity index (χ1) is 13.3. The third-order valence-corrected chi connectivity index (χ3v) is 5.25. The molecule has 9 nitrogen and oxygen atoms in total. The zero-order valence-corrected chi connectivity index (χ0v) is 16.3. The maximum absolute atomic E-state index is 13.0. The Morgan fingerprint density at radius 3 is 2.68 bits per heavy atom. The number of benzene rings is 1. The SMILES string of the molecule is Cc1ccc2nc(NNC(=O)C3(CN(O)C=O)C[C@H](C)C[C@H](C)C3)nnc2c1. The maximum Gasteiger partial charge on any atom is 0.262 e. The summed E-state index contributed by atoms with van der Waals surface area (Å²) in [4.78, 5) is 28.3. The molecular weight excluding hydrogens is 360 g/mol. The number of rotatable bonds is 6. The molecule has 0 spiro atoms. The Morgan fingerprint density at radius 1 is 1.29 bits per heavy atom. The number of anilines is 1. The van der Waals surface area contributed by atoms with Crippen LogP contribution in [0.3, 0.4) is 0 Å². The molecule has 1 aliphatic rings. The summed E-state index contributed by atoms with van der Waals surface area (Å²) in [7, 11) is 0. The highest BCUT2D eigenvalue weighted by Crippen LogP contribution is 2.42. The quantitative estimate of drug-likeness (QED) is 0.395. The van der Waals surface area contributed by atoms with E-state index in [1.165, 1.54) is 0 Å². The number of aromatic nitrogens is 3. The van der Waals surface area contributed by atoms with E-state index in [4.69, 9.17) is 0 Å². The van der Waals surface area contributed by atoms with Gasteiger partial charge < -0.3 is 0 Å². The Bertz CT molecular complexity index is 864. The predicted octanol–water partition coefficient (Wildman–Crippen LogP) is 2.07. The van der Waals surface area contributed by atoms with Gasteiger partial charge in [0.25, 0.3) is 5.95 Å². The molecule has 3 N–H and O–H groups in total. The number of carbonyl (C=O) groups is 2. The van der Waals surface area contributed by atoms with Gasteiger partial charge in [0.2, 0.25) is 12.3 Å². The van der Waals surface area contributed by atoms with Gasteiger partial charge in [-0.1, -0.05) is 19.9 Å². The van der Waals surface area contributed by atoms with E-state index in [0.29, 0.717) is 47.2 Å². The topological polar surface area (TPSA) is 120 Å². The molecular formula is C19H26N6O3. The van der Waals surface area contributed by atoms with Crippen LogP contribution in [0.1, 0.15) is 38.7 Å². The lowest BCUT2D eigenvalue weighted by Gasteiger charge is -2.42. The summed E-state index contributed by atoms with van der Waals surface area (Å²) in [5.74, 6) is 0.472. The van der Waals surface area contributed by atoms with Crippen LogP contribution in [-0.4, -0.2) is 44.3 Å². The van der Waals surface area contributed by atoms with E-state index in [1.807, 2.05) is 25.1 Å². The van der Waals surface area contributed by atoms with Gasteiger partial charge in [-0.15, -0.1) is 10.2 Å². The van der Waals surface area contributed by atoms with E-state index >= 15 is 0 Å². The van der Waals surface area contributed by atoms with Crippen molar-refractivity contribution in [2.24, 2.45) is 17.3 Å². The van der Waals surface area contributed by atoms with Gasteiger partial charge >= 0.3 is 0 Å². The maximum atomic E-state index is 13.0. The Hall–Kier alpha value is -2.81. The monoisotopic (exact) mass is 386 g/mol. The summed E-state index contributed by atoms with van der Waals surface area (Å²) in [5.41, 5.74) is 6.87. The van der Waals surface area contributed by atoms with E-state index in [2.05, 4.69) is 39.9 Å². The molecule has 0 bridgehead atoms. The molecule has 0 aliphatic heterocycles. The van der Waals surface area contributed by atoms with Crippen molar-refractivity contribution in [1.29, 1.82) is 0 Å². The molecule has 0 saturated heterocycles. The van der Waals surface area contributed by atoms with Gasteiger partial charge in [-0.25, -0.2) is 10.0 Å². The predicted molar refractivity (Wildman–Crippen MR) is 103 cm³/mol. The number of nitrogens with zero attached hydrogens (tertiary/aromatic N) is 4. The summed E-state index contributed by atoms with van der Waals surface area (Å²) in [5, 5.41) is 18.4. The number of carbonyl (C=O) groups excluding carboxylic acids is 2. The van der Waals surface area contributed by atoms with Crippen molar-refractivity contribution in [2.75, 3.05) is 12.0 Å². The van der Waals surface area contributed by atoms with Crippen LogP contribution in [-0.2, 0) is 9.59 Å². The van der Waals surface area contributed by atoms with Crippen LogP contribution in [0.5, 0.6) is 0 Å². The van der Waals surface area contributed by atoms with Crippen LogP contribution in [0.15, 0.2) is 18.2 Å². The minimum absolute atomic E-state index is 0.0607. The van der Waals surface area contributed by atoms with Crippen LogP contribution in [0.2, 0.25) is 0 Å². The highest BCUT2D eigenvalue weighted by Gasteiger charge is 2.45. The number of aryl methyl sites for hydroxylation is 1. The Kier molecular flexibility index (Phi) is 5.73. The first-order valence-electron chi connectivity index (χ1n) is 9.40. The molecule has 1 unspecified atom stereocenters. The fraction of sp³-hybridized carbons (Fsp3) is 0.526. The standard InChI is InChI=1S/C19H26N6O3/c1-12-4-5-15-16(7-12)21-23-18(20-15)24-22-17(27)19(10-25(28)11-26)8-13(2)6-14(3)9-19/h4-5,7,11,13-14,28H,6,8-10H2,1-3H3,(H,22,27)(H,20,23,24)/t13-,14+,19?. The minimum Gasteiger partial charge on any atom is -0.286 e. The van der Waals surface area contributed by atoms with Gasteiger partial charge in [-0.3, -0.25) is 25.6 Å². The normalized spacial score (nSPS) is 24.6. The minimum atomic E-state index is -0.888. The van der Waals surface area contributed by atoms with Gasteiger partial charge in [-0.05, 0) is 55.7 Å². The van der Waals surface area contributed by atoms with Gasteiger partial charge in [0.1, 0.15) is 5.52 Å². The molecule has 150 valence electrons. The van der Waals surface area contributed by atoms with E-state index in [0.717, 1.165) is 12.0 Å². The lowest BCUT2D eigenvalue weighted by atomic mass is 9.65. The molecule has 28 heavy (non-hydrogen) atoms. The van der Waals surface area contributed by atoms with Gasteiger partial charge in [0.15, 0.2) is 0 Å². The number of amides is 2. The first kappa shape index (κ1) is 19.9. The van der Waals surface area contributed by atoms with Crippen molar-refractivity contribution in [3.63, 3.8) is 0 Å². The van der Waals surface area contributed by atoms with Crippen molar-refractivity contribution in [2.45, 2.75) is 40.0 Å². The molecule has 1 aliphatic carbocycles. The lowest BCUT2D eigenvalue weighted by molar-refractivity contribution is -0.165. The third kappa shape index (κ3) is 4.36. The fourth-order valence-electron chi connectivity index (χ4n) is 4.35. The van der Waals surface area contributed by atoms with Crippen LogP contribution < -0.4 is 10.9 Å². The summed E-state index contributed by atoms with van der Waals surface area (Å²) in [6, 6.07) is 5.65. The van der Waals surface area contributed by atoms with Crippen molar-refractivity contribution in [3.05, 3.63) is 23.8 Å². The van der Waals surface area contributed by atoms with Crippen molar-refractivity contribution in [1.82, 2.24) is 25.7 Å². The molecule has 1 aromatic heterocycles. The second-order valence-electron chi connectivity index (χ2n) is 8.04. The number of hydrogen-bond donors (Lipinski definition) is 3. The first-order valence-corrected chi connectivity index (χ1v) is 9.40. The van der Waals surface area contributed by atoms with E-state index in [1.54, 1.807) is 0 Å². The highest BCUT2D eigenvalue weighted by atomic mass is 16.5. The van der Waals surface area contributed by atoms with E-state index in [9.17, 15) is 14.8 Å². The molecule has 3 rings (SSSR count). The Balaban J connectivity index is 1.76. The van der Waals surface area contributed by atoms with Crippen LogP contribution >= 0.6 is 0 Å². The molecule has 1 aromatic carbocycles. The number of hydrazine groups is 1. The summed E-state index contributed by atoms with van der Waals surface area (Å²) in [6.07, 6.45) is 2.48. The number of hydrogen-bond acceptors (Lipinski definition) is 7. The largest absolute Gasteiger partial charge is 0.286 e. The number of hydroxylamine groups is 2. The van der Waals surface area contributed by atoms with Crippen molar-refractivity contribution in [3.8, 4) is 0 Å². The Labute approximate surface area is 163 Å². The zero-order valence-electron chi connectivity index (χ0n) is 16.3. The summed E-state index contributed by atoms with van der Waals surface area (Å²) >= 11 is 0. The van der Waals surface area contributed by atoms with Crippen molar-refractivity contribution < 1.29 is 14.8 Å². The van der Waals surface area contributed by atoms with Crippen molar-refractivity contribution >= 4 is 29.3 Å². The second-order valence-corrected chi connectivity index (χ2v) is 8.04. The third-order valence-electron chi connectivity index (χ3n) is 5.25. The lowest BCUT2D eigenvalue weighted by Crippen LogP contribution is -2.52. The average molecular weight is 386 g/mol. The molecule has 3 atom stereocenters. The van der Waals surface area contributed by atoms with Gasteiger partial charge in [0.05, 0.1) is 17.5 Å². The van der Waals surface area contributed by atoms with Crippen LogP contribution in [0.25, 0.3) is 11.0 Å². The Morgan fingerprint density at radius 2 is 2.00 bits per heavy atom. The van der Waals surface area contributed by atoms with Crippen LogP contribution in [0, 0.1) is 24.2 Å². The molecule has 1 fully saturated rings. The smallest absolute Gasteiger partial charge is 0.262 e. The average Bonchev–Trinajstić information content (AvgIpc) is 2.65. The second kappa shape index (κ2) is 8.05. The number of fused-ring (bicyclic) bond motifs is 1. The van der Waals surface area contributed by atoms with Gasteiger partial charge in [-0.2, -0.15) is 0 Å². The fourth-order valence-corrected chi connectivity index (χ4v) is 4.35. The summed E-state index contributed by atoms with van der Waals surface area (Å²) in [6.45, 7) is 6.05. The molecule has 2 aromatic rings. The molecule has 2 amide bonds. The molecule has 1 heterocycles. The molecule has 1 saturated carbocycles.